The van der Waals surface area contributed by atoms with E-state index in [-0.39, 0.29) is 17.4 Å². The molecule has 1 saturated carbocycles. The molecule has 0 spiro atoms. The summed E-state index contributed by atoms with van der Waals surface area (Å²) in [7, 11) is 1.56. The van der Waals surface area contributed by atoms with Crippen molar-refractivity contribution in [2.75, 3.05) is 13.7 Å². The summed E-state index contributed by atoms with van der Waals surface area (Å²) in [4.78, 5) is 47.0. The molecule has 0 radical (unpaired) electrons. The van der Waals surface area contributed by atoms with Gasteiger partial charge in [-0.2, -0.15) is 0 Å². The van der Waals surface area contributed by atoms with Gasteiger partial charge >= 0.3 is 5.76 Å². The number of hydrogen-bond donors (Lipinski definition) is 1. The number of nitrogens with one attached hydrogen (secondary N) is 1. The fourth-order valence-electron chi connectivity index (χ4n) is 5.10. The molecule has 3 aromatic heterocycles. The van der Waals surface area contributed by atoms with Gasteiger partial charge in [-0.15, -0.1) is 0 Å². The summed E-state index contributed by atoms with van der Waals surface area (Å²) in [5.41, 5.74) is 3.79. The molecular formula is C30H31N7O4. The van der Waals surface area contributed by atoms with Crippen LogP contribution < -0.4 is 16.1 Å². The van der Waals surface area contributed by atoms with Gasteiger partial charge in [0.05, 0.1) is 30.9 Å². The van der Waals surface area contributed by atoms with Crippen LogP contribution in [0.5, 0.6) is 5.75 Å². The maximum atomic E-state index is 14.1. The van der Waals surface area contributed by atoms with Crippen molar-refractivity contribution in [1.82, 2.24) is 29.7 Å². The van der Waals surface area contributed by atoms with Gasteiger partial charge in [0.2, 0.25) is 5.95 Å². The van der Waals surface area contributed by atoms with Gasteiger partial charge in [0.25, 0.3) is 5.56 Å². The van der Waals surface area contributed by atoms with Crippen molar-refractivity contribution >= 4 is 5.71 Å². The number of ether oxygens (including phenoxy) is 1. The number of hydrogen-bond acceptors (Lipinski definition) is 9. The summed E-state index contributed by atoms with van der Waals surface area (Å²) in [5, 5.41) is 3.84. The molecule has 4 heterocycles. The summed E-state index contributed by atoms with van der Waals surface area (Å²) < 4.78 is 11.5. The number of allylic oxidation sites excluding steroid dienone is 1. The van der Waals surface area contributed by atoms with Crippen LogP contribution >= 0.6 is 0 Å². The predicted molar refractivity (Wildman–Crippen MR) is 153 cm³/mol. The van der Waals surface area contributed by atoms with E-state index in [9.17, 15) is 9.59 Å². The molecule has 41 heavy (non-hydrogen) atoms. The number of nitrogens with zero attached hydrogens (tertiary/aromatic N) is 6. The van der Waals surface area contributed by atoms with Crippen LogP contribution in [0.25, 0.3) is 17.3 Å². The first-order valence-electron chi connectivity index (χ1n) is 13.9. The molecule has 0 amide bonds. The molecule has 2 aliphatic rings. The first kappa shape index (κ1) is 26.5. The molecule has 1 fully saturated rings. The van der Waals surface area contributed by atoms with Crippen molar-refractivity contribution in [2.24, 2.45) is 10.9 Å². The highest BCUT2D eigenvalue weighted by Gasteiger charge is 2.32. The van der Waals surface area contributed by atoms with E-state index in [1.54, 1.807) is 24.1 Å². The number of benzene rings is 1. The minimum atomic E-state index is -0.609. The van der Waals surface area contributed by atoms with Crippen LogP contribution in [-0.4, -0.2) is 49.0 Å². The number of dihydropyridines is 1. The monoisotopic (exact) mass is 553 g/mol. The van der Waals surface area contributed by atoms with Gasteiger partial charge in [0, 0.05) is 35.1 Å². The van der Waals surface area contributed by atoms with Crippen LogP contribution in [0.4, 0.5) is 0 Å². The van der Waals surface area contributed by atoms with E-state index in [4.69, 9.17) is 19.2 Å². The summed E-state index contributed by atoms with van der Waals surface area (Å²) >= 11 is 0. The lowest BCUT2D eigenvalue weighted by atomic mass is 9.93. The van der Waals surface area contributed by atoms with Crippen molar-refractivity contribution in [2.45, 2.75) is 51.4 Å². The van der Waals surface area contributed by atoms with Gasteiger partial charge in [-0.3, -0.25) is 19.3 Å². The van der Waals surface area contributed by atoms with E-state index < -0.39 is 5.76 Å². The molecule has 1 aliphatic heterocycles. The van der Waals surface area contributed by atoms with E-state index >= 15 is 0 Å². The highest BCUT2D eigenvalue weighted by molar-refractivity contribution is 6.12. The largest absolute Gasteiger partial charge is 0.494 e. The zero-order chi connectivity index (χ0) is 28.3. The number of H-pyrrole nitrogens is 1. The number of methoxy groups -OCH3 is 1. The quantitative estimate of drug-likeness (QED) is 0.313. The number of aryl methyl sites for hydroxylation is 1. The average Bonchev–Trinajstić information content (AvgIpc) is 3.77. The average molecular weight is 554 g/mol. The standard InChI is InChI=1S/C30H31N7O4/c1-3-4-9-25-23(28(38)37(27(34-25)19-11-12-19)29-32-16-20(40-2)17-33-29)14-18-10-13-24(31-15-18)21-7-5-6-8-22(21)26-35-30(39)41-36-26/h5-8,10,13,16-19H,3-4,9,11-12,14-15H2,1-2H3,(H,35,36,39). The SMILES string of the molecule is CCCCc1nc(C2CC2)n(-c2ncc(OC)cn2)c(=O)c1CC1C=CC(c2ccccc2-c2noc(=O)[nH]2)=NC1. The number of aromatic amines is 1. The highest BCUT2D eigenvalue weighted by Crippen LogP contribution is 2.39. The fourth-order valence-corrected chi connectivity index (χ4v) is 5.10. The highest BCUT2D eigenvalue weighted by atomic mass is 16.5. The normalized spacial score (nSPS) is 16.5. The summed E-state index contributed by atoms with van der Waals surface area (Å²) in [6.45, 7) is 2.64. The zero-order valence-corrected chi connectivity index (χ0v) is 23.0. The Morgan fingerprint density at radius 1 is 1.12 bits per heavy atom. The number of aliphatic imine (C=N–C) groups is 1. The van der Waals surface area contributed by atoms with Gasteiger partial charge < -0.3 is 4.74 Å². The van der Waals surface area contributed by atoms with E-state index in [2.05, 4.69) is 33.1 Å². The number of aromatic nitrogens is 6. The van der Waals surface area contributed by atoms with Crippen LogP contribution in [0, 0.1) is 5.92 Å². The molecule has 1 aromatic carbocycles. The lowest BCUT2D eigenvalue weighted by Crippen LogP contribution is -2.32. The van der Waals surface area contributed by atoms with Crippen LogP contribution in [-0.2, 0) is 12.8 Å². The lowest BCUT2D eigenvalue weighted by molar-refractivity contribution is 0.388. The van der Waals surface area contributed by atoms with Crippen molar-refractivity contribution in [1.29, 1.82) is 0 Å². The van der Waals surface area contributed by atoms with Crippen LogP contribution in [0.15, 0.2) is 67.9 Å². The van der Waals surface area contributed by atoms with Crippen molar-refractivity contribution in [3.63, 3.8) is 0 Å². The second kappa shape index (κ2) is 11.4. The molecule has 0 saturated heterocycles. The minimum Gasteiger partial charge on any atom is -0.494 e. The van der Waals surface area contributed by atoms with E-state index in [0.29, 0.717) is 36.1 Å². The molecule has 6 rings (SSSR count). The van der Waals surface area contributed by atoms with Gasteiger partial charge in [-0.05, 0) is 38.2 Å². The Hall–Kier alpha value is -4.67. The van der Waals surface area contributed by atoms with Crippen LogP contribution in [0.2, 0.25) is 0 Å². The Labute approximate surface area is 236 Å². The third-order valence-corrected chi connectivity index (χ3v) is 7.44. The maximum Gasteiger partial charge on any atom is 0.439 e. The molecule has 1 atom stereocenters. The van der Waals surface area contributed by atoms with Crippen LogP contribution in [0.3, 0.4) is 0 Å². The molecular weight excluding hydrogens is 522 g/mol. The zero-order valence-electron chi connectivity index (χ0n) is 23.0. The van der Waals surface area contributed by atoms with Gasteiger partial charge in [0.1, 0.15) is 5.82 Å². The third kappa shape index (κ3) is 5.52. The van der Waals surface area contributed by atoms with Gasteiger partial charge in [0.15, 0.2) is 11.6 Å². The number of unbranched alkanes of at least 4 members (excludes halogenated alkanes) is 1. The Kier molecular flexibility index (Phi) is 7.41. The molecule has 0 bridgehead atoms. The maximum absolute atomic E-state index is 14.1. The summed E-state index contributed by atoms with van der Waals surface area (Å²) in [6, 6.07) is 7.58. The molecule has 11 heteroatoms. The second-order valence-corrected chi connectivity index (χ2v) is 10.4. The Balaban J connectivity index is 1.32. The first-order valence-corrected chi connectivity index (χ1v) is 13.9. The smallest absolute Gasteiger partial charge is 0.439 e. The lowest BCUT2D eigenvalue weighted by Gasteiger charge is -2.20. The van der Waals surface area contributed by atoms with Crippen molar-refractivity contribution in [3.8, 4) is 23.1 Å². The Bertz CT molecular complexity index is 1730. The van der Waals surface area contributed by atoms with Gasteiger partial charge in [-0.25, -0.2) is 24.3 Å². The summed E-state index contributed by atoms with van der Waals surface area (Å²) in [6.07, 6.45) is 12.4. The first-order chi connectivity index (χ1) is 20.1. The molecule has 4 aromatic rings. The molecule has 1 N–H and O–H groups in total. The molecule has 210 valence electrons. The summed E-state index contributed by atoms with van der Waals surface area (Å²) in [5.74, 6) is 1.59. The third-order valence-electron chi connectivity index (χ3n) is 7.44. The second-order valence-electron chi connectivity index (χ2n) is 10.4. The van der Waals surface area contributed by atoms with E-state index in [1.165, 1.54) is 0 Å². The number of rotatable bonds is 10. The fraction of sp³-hybridized carbons (Fsp3) is 0.367. The topological polar surface area (TPSA) is 141 Å². The minimum absolute atomic E-state index is 0.0182. The van der Waals surface area contributed by atoms with Gasteiger partial charge in [-0.1, -0.05) is 48.8 Å². The Morgan fingerprint density at radius 2 is 1.90 bits per heavy atom. The van der Waals surface area contributed by atoms with Crippen molar-refractivity contribution < 1.29 is 9.26 Å². The van der Waals surface area contributed by atoms with E-state index in [1.807, 2.05) is 30.3 Å². The molecule has 1 aliphatic carbocycles. The molecule has 11 nitrogen and oxygen atoms in total. The molecule has 1 unspecified atom stereocenters. The van der Waals surface area contributed by atoms with Crippen LogP contribution in [0.1, 0.15) is 61.2 Å². The Morgan fingerprint density at radius 3 is 2.54 bits per heavy atom. The van der Waals surface area contributed by atoms with E-state index in [0.717, 1.165) is 60.5 Å². The van der Waals surface area contributed by atoms with Crippen molar-refractivity contribution in [3.05, 3.63) is 92.4 Å². The predicted octanol–water partition coefficient (Wildman–Crippen LogP) is 3.81.